The van der Waals surface area contributed by atoms with E-state index in [-0.39, 0.29) is 35.6 Å². The Morgan fingerprint density at radius 1 is 1.21 bits per heavy atom. The van der Waals surface area contributed by atoms with Gasteiger partial charge in [-0.2, -0.15) is 0 Å². The Balaban J connectivity index is 3.06. The van der Waals surface area contributed by atoms with Crippen LogP contribution in [0, 0.1) is 10.1 Å². The molecule has 0 saturated carbocycles. The summed E-state index contributed by atoms with van der Waals surface area (Å²) in [7, 11) is 2.78. The number of ketones is 1. The van der Waals surface area contributed by atoms with Crippen molar-refractivity contribution in [3.05, 3.63) is 27.8 Å². The SMILES string of the molecule is COc1cc(CC(=O)NC(C)(C)CC(C)=O)c([N+](=O)[O-])cc1OC. The molecule has 8 heteroatoms. The summed E-state index contributed by atoms with van der Waals surface area (Å²) in [5, 5.41) is 13.9. The Bertz CT molecular complexity index is 654. The number of nitrogens with zero attached hydrogens (tertiary/aromatic N) is 1. The van der Waals surface area contributed by atoms with Crippen LogP contribution in [0.25, 0.3) is 0 Å². The van der Waals surface area contributed by atoms with Gasteiger partial charge >= 0.3 is 0 Å². The Labute approximate surface area is 140 Å². The molecule has 0 aliphatic heterocycles. The maximum Gasteiger partial charge on any atom is 0.277 e. The third kappa shape index (κ3) is 5.22. The molecule has 0 heterocycles. The molecule has 0 atom stereocenters. The molecule has 132 valence electrons. The van der Waals surface area contributed by atoms with Crippen molar-refractivity contribution >= 4 is 17.4 Å². The minimum absolute atomic E-state index is 0.0580. The number of methoxy groups -OCH3 is 2. The standard InChI is InChI=1S/C16H22N2O6/c1-10(19)9-16(2,3)17-15(20)7-11-6-13(23-4)14(24-5)8-12(11)18(21)22/h6,8H,7,9H2,1-5H3,(H,17,20). The molecule has 1 aromatic carbocycles. The van der Waals surface area contributed by atoms with Crippen LogP contribution in [0.2, 0.25) is 0 Å². The largest absolute Gasteiger partial charge is 0.493 e. The van der Waals surface area contributed by atoms with E-state index < -0.39 is 16.4 Å². The van der Waals surface area contributed by atoms with E-state index in [2.05, 4.69) is 5.32 Å². The quantitative estimate of drug-likeness (QED) is 0.574. The first-order chi connectivity index (χ1) is 11.1. The fraction of sp³-hybridized carbons (Fsp3) is 0.500. The highest BCUT2D eigenvalue weighted by Crippen LogP contribution is 2.34. The van der Waals surface area contributed by atoms with Crippen LogP contribution < -0.4 is 14.8 Å². The van der Waals surface area contributed by atoms with Crippen LogP contribution >= 0.6 is 0 Å². The fourth-order valence-corrected chi connectivity index (χ4v) is 2.48. The zero-order valence-electron chi connectivity index (χ0n) is 14.5. The molecule has 8 nitrogen and oxygen atoms in total. The molecule has 0 bridgehead atoms. The van der Waals surface area contributed by atoms with Crippen LogP contribution in [0.5, 0.6) is 11.5 Å². The van der Waals surface area contributed by atoms with E-state index in [1.807, 2.05) is 0 Å². The van der Waals surface area contributed by atoms with Crippen LogP contribution in [-0.2, 0) is 16.0 Å². The first-order valence-electron chi connectivity index (χ1n) is 7.29. The average molecular weight is 338 g/mol. The third-order valence-electron chi connectivity index (χ3n) is 3.30. The van der Waals surface area contributed by atoms with Gasteiger partial charge in [-0.25, -0.2) is 0 Å². The number of carbonyl (C=O) groups excluding carboxylic acids is 2. The summed E-state index contributed by atoms with van der Waals surface area (Å²) in [6.07, 6.45) is -0.0369. The number of nitrogens with one attached hydrogen (secondary N) is 1. The van der Waals surface area contributed by atoms with Crippen LogP contribution in [0.15, 0.2) is 12.1 Å². The number of benzene rings is 1. The number of hydrogen-bond acceptors (Lipinski definition) is 6. The van der Waals surface area contributed by atoms with E-state index in [4.69, 9.17) is 9.47 Å². The summed E-state index contributed by atoms with van der Waals surface area (Å²) >= 11 is 0. The molecule has 1 rings (SSSR count). The van der Waals surface area contributed by atoms with Crippen LogP contribution in [0.1, 0.15) is 32.8 Å². The molecule has 0 unspecified atom stereocenters. The lowest BCUT2D eigenvalue weighted by Gasteiger charge is -2.25. The summed E-state index contributed by atoms with van der Waals surface area (Å²) in [4.78, 5) is 34.1. The maximum absolute atomic E-state index is 12.2. The van der Waals surface area contributed by atoms with Crippen molar-refractivity contribution in [1.29, 1.82) is 0 Å². The van der Waals surface area contributed by atoms with Crippen molar-refractivity contribution in [2.75, 3.05) is 14.2 Å². The van der Waals surface area contributed by atoms with E-state index >= 15 is 0 Å². The van der Waals surface area contributed by atoms with Crippen molar-refractivity contribution in [2.45, 2.75) is 39.2 Å². The monoisotopic (exact) mass is 338 g/mol. The van der Waals surface area contributed by atoms with Crippen LogP contribution in [0.3, 0.4) is 0 Å². The van der Waals surface area contributed by atoms with Gasteiger partial charge in [0.15, 0.2) is 11.5 Å². The maximum atomic E-state index is 12.2. The van der Waals surface area contributed by atoms with Gasteiger partial charge in [-0.15, -0.1) is 0 Å². The predicted molar refractivity (Wildman–Crippen MR) is 87.4 cm³/mol. The molecule has 0 aliphatic carbocycles. The third-order valence-corrected chi connectivity index (χ3v) is 3.30. The fourth-order valence-electron chi connectivity index (χ4n) is 2.48. The smallest absolute Gasteiger partial charge is 0.277 e. The van der Waals surface area contributed by atoms with Gasteiger partial charge in [0.05, 0.1) is 31.6 Å². The highest BCUT2D eigenvalue weighted by atomic mass is 16.6. The second-order valence-corrected chi connectivity index (χ2v) is 6.08. The number of rotatable bonds is 8. The van der Waals surface area contributed by atoms with Crippen LogP contribution in [-0.4, -0.2) is 36.4 Å². The minimum atomic E-state index is -0.728. The van der Waals surface area contributed by atoms with E-state index in [1.165, 1.54) is 33.3 Å². The van der Waals surface area contributed by atoms with Gasteiger partial charge in [0.2, 0.25) is 5.91 Å². The molecule has 1 N–H and O–H groups in total. The molecule has 0 radical (unpaired) electrons. The number of ether oxygens (including phenoxy) is 2. The van der Waals surface area contributed by atoms with Gasteiger partial charge in [0.25, 0.3) is 5.69 Å². The first kappa shape index (κ1) is 19.4. The Hall–Kier alpha value is -2.64. The number of nitro benzene ring substituents is 1. The molecular formula is C16H22N2O6. The van der Waals surface area contributed by atoms with Crippen molar-refractivity contribution in [2.24, 2.45) is 0 Å². The second-order valence-electron chi connectivity index (χ2n) is 6.08. The van der Waals surface area contributed by atoms with Gasteiger partial charge in [-0.3, -0.25) is 19.7 Å². The molecule has 0 fully saturated rings. The van der Waals surface area contributed by atoms with Crippen molar-refractivity contribution < 1.29 is 24.0 Å². The average Bonchev–Trinajstić information content (AvgIpc) is 2.43. The van der Waals surface area contributed by atoms with Crippen LogP contribution in [0.4, 0.5) is 5.69 Å². The van der Waals surface area contributed by atoms with E-state index in [9.17, 15) is 19.7 Å². The molecule has 0 aromatic heterocycles. The van der Waals surface area contributed by atoms with E-state index in [0.29, 0.717) is 5.75 Å². The number of hydrogen-bond donors (Lipinski definition) is 1. The lowest BCUT2D eigenvalue weighted by molar-refractivity contribution is -0.385. The van der Waals surface area contributed by atoms with Crippen molar-refractivity contribution in [1.82, 2.24) is 5.32 Å². The minimum Gasteiger partial charge on any atom is -0.493 e. The molecule has 1 aromatic rings. The van der Waals surface area contributed by atoms with E-state index in [0.717, 1.165) is 0 Å². The summed E-state index contributed by atoms with van der Waals surface area (Å²) in [5.74, 6) is 0.0353. The molecular weight excluding hydrogens is 316 g/mol. The number of carbonyl (C=O) groups is 2. The zero-order chi connectivity index (χ0) is 18.5. The summed E-state index contributed by atoms with van der Waals surface area (Å²) in [6.45, 7) is 4.87. The Morgan fingerprint density at radius 3 is 2.21 bits per heavy atom. The Morgan fingerprint density at radius 2 is 1.75 bits per heavy atom. The zero-order valence-corrected chi connectivity index (χ0v) is 14.5. The highest BCUT2D eigenvalue weighted by molar-refractivity contribution is 5.83. The molecule has 1 amide bonds. The van der Waals surface area contributed by atoms with E-state index in [1.54, 1.807) is 13.8 Å². The number of amides is 1. The number of Topliss-reactive ketones (excluding diaryl/α,β-unsaturated/α-hetero) is 1. The Kier molecular flexibility index (Phi) is 6.27. The lowest BCUT2D eigenvalue weighted by Crippen LogP contribution is -2.45. The summed E-state index contributed by atoms with van der Waals surface area (Å²) in [6, 6.07) is 2.64. The lowest BCUT2D eigenvalue weighted by atomic mass is 9.97. The number of nitro groups is 1. The van der Waals surface area contributed by atoms with Gasteiger partial charge in [-0.05, 0) is 26.8 Å². The second kappa shape index (κ2) is 7.76. The highest BCUT2D eigenvalue weighted by Gasteiger charge is 2.25. The first-order valence-corrected chi connectivity index (χ1v) is 7.29. The van der Waals surface area contributed by atoms with Gasteiger partial charge < -0.3 is 14.8 Å². The predicted octanol–water partition coefficient (Wildman–Crippen LogP) is 2.03. The molecule has 0 spiro atoms. The van der Waals surface area contributed by atoms with Crippen molar-refractivity contribution in [3.8, 4) is 11.5 Å². The van der Waals surface area contributed by atoms with Crippen molar-refractivity contribution in [3.63, 3.8) is 0 Å². The normalized spacial score (nSPS) is 10.9. The van der Waals surface area contributed by atoms with Gasteiger partial charge in [-0.1, -0.05) is 0 Å². The summed E-state index contributed by atoms with van der Waals surface area (Å²) in [5.41, 5.74) is -0.755. The van der Waals surface area contributed by atoms with Gasteiger partial charge in [0, 0.05) is 17.5 Å². The topological polar surface area (TPSA) is 108 Å². The molecule has 0 aliphatic rings. The van der Waals surface area contributed by atoms with Gasteiger partial charge in [0.1, 0.15) is 5.78 Å². The summed E-state index contributed by atoms with van der Waals surface area (Å²) < 4.78 is 10.2. The molecule has 0 saturated heterocycles. The molecule has 24 heavy (non-hydrogen) atoms.